The van der Waals surface area contributed by atoms with Crippen molar-refractivity contribution in [1.82, 2.24) is 79.0 Å². The zero-order valence-corrected chi connectivity index (χ0v) is 75.7. The standard InChI is InChI=1S/C27H18N8O4.C27H21N7O5.C26H18N8O4.C20H13N7O3/c36-14-17-13-30-35(27-28-8-3-9-29-27)25(17)34-33-23-19-5-2-1-4-15(19)10-20(24(23)38)26(39)31-18-7-6-16-11-22(37)32-21(16)12-18;1-39-22-11-16(14-35)7-8-21(22)31-26(38)20-12-17-5-2-3-6-19(17)23(24(20)37)32-33-25-18(15-36)13-30-34(25)27-28-9-4-10-29-27;27-23(37)18-8-3-4-9-20(18)31-25(38)19-12-15-6-1-2-7-17(15)21(22(19)36)32-33-24-16(14-35)13-30-34(24)26-28-10-5-11-29-26;1-21-15-11-24-27(20-22-8-5-9-23-20)18(15)26-25-16-13-7-4-3-6-12(13)10-14(17(16)28)19(29)30-2/h1-10,12-14,38H,11H2,(H,31,39)(H,32,37);2-13,15,35,37H,14H2,1H3,(H,31,38);1-14,36H,(H2,27,37)(H,31,38);3-11,28H,2H3. The smallest absolute Gasteiger partial charge is 0.341 e. The fraction of sp³-hybridized carbons (Fsp3) is 0.0400. The number of carbonyl (C=O) groups is 9. The van der Waals surface area contributed by atoms with Crippen molar-refractivity contribution in [3.05, 3.63) is 348 Å². The van der Waals surface area contributed by atoms with Crippen molar-refractivity contribution < 1.29 is 78.2 Å². The second kappa shape index (κ2) is 43.3. The number of rotatable bonds is 25. The number of carbonyl (C=O) groups excluding carboxylic acids is 9. The third-order valence-corrected chi connectivity index (χ3v) is 21.7. The Balaban J connectivity index is 0.000000134. The molecule has 11 N–H and O–H groups in total. The first-order chi connectivity index (χ1) is 71.2. The highest BCUT2D eigenvalue weighted by molar-refractivity contribution is 6.16. The number of nitrogens with two attached hydrogens (primary N) is 1. The van der Waals surface area contributed by atoms with E-state index < -0.39 is 46.8 Å². The number of esters is 1. The third-order valence-electron chi connectivity index (χ3n) is 21.7. The minimum absolute atomic E-state index is 0.0134. The number of amides is 5. The van der Waals surface area contributed by atoms with Crippen LogP contribution in [0.1, 0.15) is 94.0 Å². The predicted molar refractivity (Wildman–Crippen MR) is 526 cm³/mol. The van der Waals surface area contributed by atoms with E-state index in [1.54, 1.807) is 176 Å². The lowest BCUT2D eigenvalue weighted by atomic mass is 10.0. The molecule has 5 amide bonds. The number of benzene rings is 11. The van der Waals surface area contributed by atoms with Gasteiger partial charge in [0.05, 0.1) is 109 Å². The molecule has 11 aromatic carbocycles. The first-order valence-corrected chi connectivity index (χ1v) is 43.1. The average molecular weight is 1950 g/mol. The number of nitrogens with one attached hydrogen (secondary N) is 4. The number of aliphatic hydroxyl groups is 1. The molecule has 0 aliphatic carbocycles. The summed E-state index contributed by atoms with van der Waals surface area (Å²) in [6, 6.07) is 56.9. The Morgan fingerprint density at radius 3 is 1.18 bits per heavy atom. The highest BCUT2D eigenvalue weighted by atomic mass is 16.5. The van der Waals surface area contributed by atoms with Crippen LogP contribution in [0.3, 0.4) is 0 Å². The number of para-hydroxylation sites is 1. The van der Waals surface area contributed by atoms with Gasteiger partial charge in [-0.25, -0.2) is 49.5 Å². The predicted octanol–water partition coefficient (Wildman–Crippen LogP) is 17.4. The molecule has 8 aromatic heterocycles. The van der Waals surface area contributed by atoms with E-state index in [0.717, 1.165) is 5.56 Å². The van der Waals surface area contributed by atoms with Gasteiger partial charge in [0.25, 0.3) is 53.1 Å². The Labute approximate surface area is 820 Å². The van der Waals surface area contributed by atoms with Gasteiger partial charge in [0.15, 0.2) is 65.1 Å². The number of methoxy groups -OCH3 is 2. The van der Waals surface area contributed by atoms with Crippen LogP contribution >= 0.6 is 0 Å². The van der Waals surface area contributed by atoms with E-state index in [0.29, 0.717) is 90.3 Å². The number of phenolic OH excluding ortho intramolecular Hbond substituents is 4. The molecule has 19 aromatic rings. The molecule has 1 aliphatic rings. The molecule has 0 bridgehead atoms. The van der Waals surface area contributed by atoms with Crippen LogP contribution in [0.25, 0.3) is 71.7 Å². The molecule has 0 unspecified atom stereocenters. The number of hydrogen-bond acceptors (Lipinski definition) is 36. The Hall–Kier alpha value is -21.7. The van der Waals surface area contributed by atoms with E-state index in [2.05, 4.69) is 127 Å². The van der Waals surface area contributed by atoms with Gasteiger partial charge in [0.2, 0.25) is 5.91 Å². The number of fused-ring (bicyclic) bond motifs is 5. The number of aldehydes is 3. The molecule has 0 saturated heterocycles. The largest absolute Gasteiger partial charge is 0.505 e. The van der Waals surface area contributed by atoms with Gasteiger partial charge in [-0.3, -0.25) is 38.4 Å². The van der Waals surface area contributed by atoms with Crippen LogP contribution < -0.4 is 31.7 Å². The van der Waals surface area contributed by atoms with Gasteiger partial charge >= 0.3 is 5.97 Å². The molecule has 146 heavy (non-hydrogen) atoms. The van der Waals surface area contributed by atoms with E-state index in [-0.39, 0.29) is 150 Å². The Bertz CT molecular complexity index is 8550. The molecule has 0 saturated carbocycles. The number of anilines is 4. The van der Waals surface area contributed by atoms with Gasteiger partial charge in [0.1, 0.15) is 34.1 Å². The third kappa shape index (κ3) is 20.4. The first-order valence-electron chi connectivity index (χ1n) is 43.1. The number of hydrogen-bond donors (Lipinski definition) is 10. The second-order valence-corrected chi connectivity index (χ2v) is 30.7. The van der Waals surface area contributed by atoms with Crippen molar-refractivity contribution in [2.75, 3.05) is 35.5 Å². The van der Waals surface area contributed by atoms with Crippen LogP contribution in [0.4, 0.5) is 74.5 Å². The van der Waals surface area contributed by atoms with Crippen LogP contribution in [-0.2, 0) is 22.6 Å². The van der Waals surface area contributed by atoms with Crippen molar-refractivity contribution in [1.29, 1.82) is 0 Å². The summed E-state index contributed by atoms with van der Waals surface area (Å²) in [6.45, 7) is 7.16. The monoisotopic (exact) mass is 1950 g/mol. The van der Waals surface area contributed by atoms with Gasteiger partial charge < -0.3 is 62.0 Å². The van der Waals surface area contributed by atoms with E-state index in [1.807, 2.05) is 0 Å². The summed E-state index contributed by atoms with van der Waals surface area (Å²) < 4.78 is 15.0. The lowest BCUT2D eigenvalue weighted by molar-refractivity contribution is -0.115. The molecular weight excluding hydrogens is 1880 g/mol. The molecule has 0 atom stereocenters. The molecular formula is C100H70N30O16. The fourth-order valence-corrected chi connectivity index (χ4v) is 14.8. The lowest BCUT2D eigenvalue weighted by Crippen LogP contribution is -2.18. The normalized spacial score (nSPS) is 11.4. The number of phenols is 4. The maximum Gasteiger partial charge on any atom is 0.341 e. The zero-order chi connectivity index (χ0) is 102. The minimum Gasteiger partial charge on any atom is -0.505 e. The van der Waals surface area contributed by atoms with Crippen molar-refractivity contribution in [3.8, 4) is 52.5 Å². The molecule has 46 nitrogen and oxygen atoms in total. The summed E-state index contributed by atoms with van der Waals surface area (Å²) >= 11 is 0. The minimum atomic E-state index is -0.719. The van der Waals surface area contributed by atoms with Gasteiger partial charge in [-0.15, -0.1) is 40.9 Å². The van der Waals surface area contributed by atoms with Crippen molar-refractivity contribution in [2.24, 2.45) is 46.6 Å². The number of ether oxygens (including phenoxy) is 2. The molecule has 46 heteroatoms. The number of azo groups is 4. The van der Waals surface area contributed by atoms with Gasteiger partial charge in [-0.2, -0.15) is 39.1 Å². The molecule has 0 fully saturated rings. The van der Waals surface area contributed by atoms with Crippen LogP contribution in [0.5, 0.6) is 28.7 Å². The van der Waals surface area contributed by atoms with Gasteiger partial charge in [0, 0.05) is 82.5 Å². The van der Waals surface area contributed by atoms with Gasteiger partial charge in [-0.1, -0.05) is 121 Å². The lowest BCUT2D eigenvalue weighted by Gasteiger charge is -2.14. The van der Waals surface area contributed by atoms with Crippen LogP contribution in [0, 0.1) is 6.57 Å². The van der Waals surface area contributed by atoms with E-state index in [1.165, 1.54) is 138 Å². The van der Waals surface area contributed by atoms with Gasteiger partial charge in [-0.05, 0) is 118 Å². The molecule has 1 aliphatic heterocycles. The quantitative estimate of drug-likeness (QED) is 0.0110. The first kappa shape index (κ1) is 96.0. The molecule has 0 radical (unpaired) electrons. The molecule has 9 heterocycles. The summed E-state index contributed by atoms with van der Waals surface area (Å²) in [5, 5.41) is 119. The van der Waals surface area contributed by atoms with Crippen LogP contribution in [0.2, 0.25) is 0 Å². The molecule has 20 rings (SSSR count). The van der Waals surface area contributed by atoms with Crippen molar-refractivity contribution in [2.45, 2.75) is 13.0 Å². The van der Waals surface area contributed by atoms with Crippen LogP contribution in [0.15, 0.2) is 322 Å². The second-order valence-electron chi connectivity index (χ2n) is 30.7. The van der Waals surface area contributed by atoms with Crippen LogP contribution in [-0.4, -0.2) is 173 Å². The maximum absolute atomic E-state index is 13.3. The van der Waals surface area contributed by atoms with E-state index >= 15 is 0 Å². The number of nitrogens with zero attached hydrogens (tertiary/aromatic N) is 25. The zero-order valence-electron chi connectivity index (χ0n) is 75.7. The van der Waals surface area contributed by atoms with E-state index in [4.69, 9.17) is 21.8 Å². The summed E-state index contributed by atoms with van der Waals surface area (Å²) in [6.07, 6.45) is 19.3. The molecule has 0 spiro atoms. The maximum atomic E-state index is 13.3. The summed E-state index contributed by atoms with van der Waals surface area (Å²) in [7, 11) is 2.66. The number of aromatic hydroxyl groups is 4. The summed E-state index contributed by atoms with van der Waals surface area (Å²) in [5.41, 5.74) is 8.88. The highest BCUT2D eigenvalue weighted by Crippen LogP contribution is 2.46. The number of aliphatic hydroxyl groups excluding tert-OH is 1. The Morgan fingerprint density at radius 1 is 0.425 bits per heavy atom. The van der Waals surface area contributed by atoms with E-state index in [9.17, 15) is 68.7 Å². The fourth-order valence-electron chi connectivity index (χ4n) is 14.8. The Morgan fingerprint density at radius 2 is 0.788 bits per heavy atom. The number of primary amides is 1. The Kier molecular flexibility index (Phi) is 28.5. The topological polar surface area (TPSA) is 625 Å². The number of aromatic nitrogens is 16. The summed E-state index contributed by atoms with van der Waals surface area (Å²) in [4.78, 5) is 147. The SMILES string of the molecule is COc1cc(CO)ccc1NC(=O)c1cc2ccccc2c(N=Nc2c(C=O)cnn2-c2ncccn2)c1O.NC(=O)c1ccccc1NC(=O)c1cc2ccccc2c(N=Nc2c(C=O)cnn2-c2ncccn2)c1O.O=Cc1cnn(-c2ncccn2)c1N=Nc1c(O)c(C(=O)Nc2ccc3c(c2)NC(=O)C3)cc2ccccc12.[C-]#[N+]c1cnn(-c2ncccn2)c1N=Nc1c(O)c(C(=O)OC)cc2ccccc12. The highest BCUT2D eigenvalue weighted by Gasteiger charge is 2.29. The van der Waals surface area contributed by atoms with Crippen molar-refractivity contribution in [3.63, 3.8) is 0 Å². The van der Waals surface area contributed by atoms with Crippen molar-refractivity contribution >= 4 is 172 Å². The molecule has 716 valence electrons. The summed E-state index contributed by atoms with van der Waals surface area (Å²) in [5.74, 6) is -3.86. The average Bonchev–Trinajstić information content (AvgIpc) is 0.978.